The van der Waals surface area contributed by atoms with Gasteiger partial charge < -0.3 is 9.47 Å². The van der Waals surface area contributed by atoms with Crippen LogP contribution in [0.2, 0.25) is 5.02 Å². The molecule has 10 heteroatoms. The average Bonchev–Trinajstić information content (AvgIpc) is 3.44. The van der Waals surface area contributed by atoms with Gasteiger partial charge in [-0.2, -0.15) is 9.97 Å². The minimum atomic E-state index is -3.88. The minimum absolute atomic E-state index is 0.0405. The molecule has 8 nitrogen and oxygen atoms in total. The predicted octanol–water partition coefficient (Wildman–Crippen LogP) is 2.09. The van der Waals surface area contributed by atoms with E-state index in [0.717, 1.165) is 0 Å². The van der Waals surface area contributed by atoms with Crippen LogP contribution in [0.3, 0.4) is 0 Å². The molecule has 0 unspecified atom stereocenters. The van der Waals surface area contributed by atoms with Gasteiger partial charge in [-0.1, -0.05) is 11.6 Å². The third-order valence-electron chi connectivity index (χ3n) is 4.08. The number of hydrogen-bond acceptors (Lipinski definition) is 7. The summed E-state index contributed by atoms with van der Waals surface area (Å²) in [6.45, 7) is 0. The molecule has 1 heterocycles. The summed E-state index contributed by atoms with van der Waals surface area (Å²) >= 11 is 5.80. The smallest absolute Gasteiger partial charge is 0.248 e. The topological polar surface area (TPSA) is 107 Å². The number of sulfone groups is 1. The number of nitrogens with one attached hydrogen (secondary N) is 1. The maximum atomic E-state index is 12.9. The van der Waals surface area contributed by atoms with Crippen LogP contribution in [-0.2, 0) is 14.6 Å². The molecule has 1 amide bonds. The number of aromatic nitrogens is 2. The highest BCUT2D eigenvalue weighted by Crippen LogP contribution is 2.47. The Balaban J connectivity index is 1.89. The number of carbonyl (C=O) groups excluding carboxylic acids is 1. The first-order valence-corrected chi connectivity index (χ1v) is 9.47. The van der Waals surface area contributed by atoms with Crippen LogP contribution < -0.4 is 14.8 Å². The molecule has 1 aliphatic rings. The molecule has 1 fully saturated rings. The second-order valence-corrected chi connectivity index (χ2v) is 8.38. The molecule has 2 aromatic rings. The number of carbonyl (C=O) groups is 1. The molecule has 0 radical (unpaired) electrons. The van der Waals surface area contributed by atoms with E-state index in [1.807, 2.05) is 0 Å². The lowest BCUT2D eigenvalue weighted by Crippen LogP contribution is -2.38. The molecule has 26 heavy (non-hydrogen) atoms. The number of nitrogens with zero attached hydrogens (tertiary/aromatic N) is 2. The fourth-order valence-electron chi connectivity index (χ4n) is 2.46. The molecule has 0 saturated heterocycles. The summed E-state index contributed by atoms with van der Waals surface area (Å²) in [5, 5.41) is 2.87. The summed E-state index contributed by atoms with van der Waals surface area (Å²) in [5.74, 6) is -0.429. The van der Waals surface area contributed by atoms with Crippen molar-refractivity contribution in [2.24, 2.45) is 0 Å². The van der Waals surface area contributed by atoms with Crippen LogP contribution in [-0.4, -0.2) is 43.3 Å². The van der Waals surface area contributed by atoms with Crippen molar-refractivity contribution < 1.29 is 22.7 Å². The number of hydrogen-bond donors (Lipinski definition) is 1. The molecule has 1 aromatic heterocycles. The SMILES string of the molecule is COc1cc(OC)nc(NC(=O)C2(S(=O)(=O)c3ccc(Cl)cc3)CC2)n1. The van der Waals surface area contributed by atoms with E-state index in [-0.39, 0.29) is 35.4 Å². The van der Waals surface area contributed by atoms with Crippen LogP contribution in [0.1, 0.15) is 12.8 Å². The Bertz CT molecular complexity index is 921. The zero-order valence-corrected chi connectivity index (χ0v) is 15.6. The van der Waals surface area contributed by atoms with Gasteiger partial charge in [0.05, 0.1) is 25.2 Å². The lowest BCUT2D eigenvalue weighted by Gasteiger charge is -2.16. The Hall–Kier alpha value is -2.39. The second kappa shape index (κ2) is 6.73. The van der Waals surface area contributed by atoms with E-state index < -0.39 is 20.5 Å². The van der Waals surface area contributed by atoms with E-state index in [4.69, 9.17) is 21.1 Å². The van der Waals surface area contributed by atoms with Gasteiger partial charge in [0.1, 0.15) is 0 Å². The van der Waals surface area contributed by atoms with E-state index in [0.29, 0.717) is 5.02 Å². The fourth-order valence-corrected chi connectivity index (χ4v) is 4.46. The van der Waals surface area contributed by atoms with Crippen molar-refractivity contribution >= 4 is 33.3 Å². The number of anilines is 1. The first-order valence-electron chi connectivity index (χ1n) is 7.61. The quantitative estimate of drug-likeness (QED) is 0.795. The predicted molar refractivity (Wildman–Crippen MR) is 94.4 cm³/mol. The highest BCUT2D eigenvalue weighted by molar-refractivity contribution is 7.94. The Morgan fingerprint density at radius 1 is 1.12 bits per heavy atom. The Morgan fingerprint density at radius 3 is 2.12 bits per heavy atom. The molecular formula is C16H16ClN3O5S. The van der Waals surface area contributed by atoms with Gasteiger partial charge in [-0.3, -0.25) is 10.1 Å². The second-order valence-electron chi connectivity index (χ2n) is 5.68. The molecule has 0 spiro atoms. The summed E-state index contributed by atoms with van der Waals surface area (Å²) in [5.41, 5.74) is 0. The summed E-state index contributed by atoms with van der Waals surface area (Å²) in [7, 11) is -1.08. The maximum Gasteiger partial charge on any atom is 0.248 e. The first-order chi connectivity index (χ1) is 12.3. The monoisotopic (exact) mass is 397 g/mol. The van der Waals surface area contributed by atoms with Gasteiger partial charge in [0.25, 0.3) is 0 Å². The van der Waals surface area contributed by atoms with Crippen LogP contribution in [0.5, 0.6) is 11.8 Å². The van der Waals surface area contributed by atoms with Crippen molar-refractivity contribution in [2.45, 2.75) is 22.5 Å². The lowest BCUT2D eigenvalue weighted by molar-refractivity contribution is -0.116. The Labute approximate surface area is 155 Å². The third-order valence-corrected chi connectivity index (χ3v) is 6.85. The summed E-state index contributed by atoms with van der Waals surface area (Å²) in [4.78, 5) is 20.7. The number of benzene rings is 1. The Kier molecular flexibility index (Phi) is 4.76. The van der Waals surface area contributed by atoms with Gasteiger partial charge >= 0.3 is 0 Å². The van der Waals surface area contributed by atoms with Gasteiger partial charge in [-0.05, 0) is 37.1 Å². The van der Waals surface area contributed by atoms with Gasteiger partial charge in [0, 0.05) is 5.02 Å². The molecular weight excluding hydrogens is 382 g/mol. The van der Waals surface area contributed by atoms with Crippen molar-refractivity contribution in [3.05, 3.63) is 35.4 Å². The van der Waals surface area contributed by atoms with Crippen LogP contribution in [0.15, 0.2) is 35.2 Å². The van der Waals surface area contributed by atoms with Gasteiger partial charge in [0.15, 0.2) is 14.6 Å². The largest absolute Gasteiger partial charge is 0.481 e. The normalized spacial score (nSPS) is 15.2. The van der Waals surface area contributed by atoms with Gasteiger partial charge in [-0.15, -0.1) is 0 Å². The molecule has 1 N–H and O–H groups in total. The first kappa shape index (κ1) is 18.4. The van der Waals surface area contributed by atoms with Crippen molar-refractivity contribution in [2.75, 3.05) is 19.5 Å². The molecule has 0 atom stereocenters. The average molecular weight is 398 g/mol. The standard InChI is InChI=1S/C16H16ClN3O5S/c1-24-12-9-13(25-2)19-15(18-12)20-14(21)16(7-8-16)26(22,23)11-5-3-10(17)4-6-11/h3-6,9H,7-8H2,1-2H3,(H,18,19,20,21). The van der Waals surface area contributed by atoms with Gasteiger partial charge in [0.2, 0.25) is 23.6 Å². The van der Waals surface area contributed by atoms with Crippen molar-refractivity contribution in [1.29, 1.82) is 0 Å². The summed E-state index contributed by atoms with van der Waals surface area (Å²) < 4.78 is 34.3. The zero-order chi connectivity index (χ0) is 18.9. The maximum absolute atomic E-state index is 12.9. The molecule has 1 saturated carbocycles. The third kappa shape index (κ3) is 3.19. The van der Waals surface area contributed by atoms with Crippen LogP contribution in [0.4, 0.5) is 5.95 Å². The summed E-state index contributed by atoms with van der Waals surface area (Å²) in [6, 6.07) is 7.15. The molecule has 0 aliphatic heterocycles. The highest BCUT2D eigenvalue weighted by atomic mass is 35.5. The molecule has 1 aliphatic carbocycles. The van der Waals surface area contributed by atoms with E-state index in [1.54, 1.807) is 0 Å². The van der Waals surface area contributed by atoms with Crippen molar-refractivity contribution in [3.63, 3.8) is 0 Å². The van der Waals surface area contributed by atoms with Gasteiger partial charge in [-0.25, -0.2) is 8.42 Å². The number of halogens is 1. The van der Waals surface area contributed by atoms with E-state index in [2.05, 4.69) is 15.3 Å². The van der Waals surface area contributed by atoms with Crippen LogP contribution in [0, 0.1) is 0 Å². The van der Waals surface area contributed by atoms with E-state index in [1.165, 1.54) is 44.6 Å². The number of amides is 1. The fraction of sp³-hybridized carbons (Fsp3) is 0.312. The molecule has 1 aromatic carbocycles. The Morgan fingerprint density at radius 2 is 1.65 bits per heavy atom. The number of rotatable bonds is 6. The minimum Gasteiger partial charge on any atom is -0.481 e. The lowest BCUT2D eigenvalue weighted by atomic mass is 10.4. The molecule has 0 bridgehead atoms. The molecule has 3 rings (SSSR count). The summed E-state index contributed by atoms with van der Waals surface area (Å²) in [6.07, 6.45) is 0.426. The van der Waals surface area contributed by atoms with Crippen LogP contribution in [0.25, 0.3) is 0 Å². The number of methoxy groups -OCH3 is 2. The van der Waals surface area contributed by atoms with Crippen molar-refractivity contribution in [1.82, 2.24) is 9.97 Å². The zero-order valence-electron chi connectivity index (χ0n) is 14.0. The highest BCUT2D eigenvalue weighted by Gasteiger charge is 2.61. The van der Waals surface area contributed by atoms with E-state index in [9.17, 15) is 13.2 Å². The van der Waals surface area contributed by atoms with E-state index >= 15 is 0 Å². The molecule has 138 valence electrons. The van der Waals surface area contributed by atoms with Crippen molar-refractivity contribution in [3.8, 4) is 11.8 Å². The van der Waals surface area contributed by atoms with Crippen LogP contribution >= 0.6 is 11.6 Å². The number of ether oxygens (including phenoxy) is 2.